The fraction of sp³-hybridized carbons (Fsp3) is 0.435. The van der Waals surface area contributed by atoms with Gasteiger partial charge >= 0.3 is 0 Å². The average Bonchev–Trinajstić information content (AvgIpc) is 2.98. The number of nitrogens with zero attached hydrogens (tertiary/aromatic N) is 2. The summed E-state index contributed by atoms with van der Waals surface area (Å²) in [7, 11) is 0. The Bertz CT molecular complexity index is 723. The SMILES string of the molecule is CC(O)CN(CC(=O)Nc1ccc(N2CCCCCC2)cc1)c1ccccc1. The molecule has 2 aromatic rings. The van der Waals surface area contributed by atoms with Crippen molar-refractivity contribution in [1.82, 2.24) is 0 Å². The van der Waals surface area contributed by atoms with Gasteiger partial charge in [-0.3, -0.25) is 4.79 Å². The van der Waals surface area contributed by atoms with E-state index in [4.69, 9.17) is 0 Å². The van der Waals surface area contributed by atoms with E-state index < -0.39 is 6.10 Å². The van der Waals surface area contributed by atoms with Crippen LogP contribution in [0, 0.1) is 0 Å². The Balaban J connectivity index is 1.59. The molecule has 28 heavy (non-hydrogen) atoms. The van der Waals surface area contributed by atoms with Gasteiger partial charge in [0.25, 0.3) is 0 Å². The van der Waals surface area contributed by atoms with Crippen LogP contribution in [0.1, 0.15) is 32.6 Å². The average molecular weight is 382 g/mol. The second kappa shape index (κ2) is 10.1. The first-order chi connectivity index (χ1) is 13.6. The summed E-state index contributed by atoms with van der Waals surface area (Å²) in [6.07, 6.45) is 4.61. The van der Waals surface area contributed by atoms with Gasteiger partial charge < -0.3 is 20.2 Å². The molecule has 1 atom stereocenters. The molecule has 1 aliphatic rings. The van der Waals surface area contributed by atoms with Crippen LogP contribution in [-0.2, 0) is 4.79 Å². The summed E-state index contributed by atoms with van der Waals surface area (Å²) in [5, 5.41) is 12.8. The van der Waals surface area contributed by atoms with Crippen LogP contribution in [0.5, 0.6) is 0 Å². The van der Waals surface area contributed by atoms with E-state index >= 15 is 0 Å². The Morgan fingerprint density at radius 3 is 2.29 bits per heavy atom. The maximum absolute atomic E-state index is 12.6. The highest BCUT2D eigenvalue weighted by Gasteiger charge is 2.14. The summed E-state index contributed by atoms with van der Waals surface area (Å²) in [5.41, 5.74) is 2.95. The van der Waals surface area contributed by atoms with Gasteiger partial charge in [-0.15, -0.1) is 0 Å². The topological polar surface area (TPSA) is 55.8 Å². The highest BCUT2D eigenvalue weighted by Crippen LogP contribution is 2.22. The smallest absolute Gasteiger partial charge is 0.243 e. The molecular weight excluding hydrogens is 350 g/mol. The summed E-state index contributed by atoms with van der Waals surface area (Å²) in [6, 6.07) is 17.8. The Hall–Kier alpha value is -2.53. The third-order valence-corrected chi connectivity index (χ3v) is 5.06. The van der Waals surface area contributed by atoms with E-state index in [1.54, 1.807) is 6.92 Å². The molecule has 0 aliphatic carbocycles. The quantitative estimate of drug-likeness (QED) is 0.764. The predicted octanol–water partition coefficient (Wildman–Crippen LogP) is 3.89. The normalized spacial score (nSPS) is 15.6. The van der Waals surface area contributed by atoms with Crippen molar-refractivity contribution in [1.29, 1.82) is 0 Å². The molecule has 0 bridgehead atoms. The second-order valence-corrected chi connectivity index (χ2v) is 7.56. The number of amides is 1. The molecule has 1 saturated heterocycles. The molecule has 1 unspecified atom stereocenters. The molecule has 0 aromatic heterocycles. The molecule has 0 radical (unpaired) electrons. The van der Waals surface area contributed by atoms with Crippen LogP contribution in [0.2, 0.25) is 0 Å². The lowest BCUT2D eigenvalue weighted by atomic mass is 10.2. The van der Waals surface area contributed by atoms with E-state index in [2.05, 4.69) is 22.3 Å². The fourth-order valence-electron chi connectivity index (χ4n) is 3.68. The highest BCUT2D eigenvalue weighted by atomic mass is 16.3. The van der Waals surface area contributed by atoms with Crippen LogP contribution in [0.4, 0.5) is 17.1 Å². The minimum absolute atomic E-state index is 0.0907. The summed E-state index contributed by atoms with van der Waals surface area (Å²) in [4.78, 5) is 16.9. The third kappa shape index (κ3) is 5.99. The Labute approximate surface area is 168 Å². The lowest BCUT2D eigenvalue weighted by Crippen LogP contribution is -2.37. The minimum atomic E-state index is -0.513. The second-order valence-electron chi connectivity index (χ2n) is 7.56. The number of aliphatic hydroxyl groups is 1. The molecule has 5 heteroatoms. The van der Waals surface area contributed by atoms with Crippen LogP contribution < -0.4 is 15.1 Å². The van der Waals surface area contributed by atoms with E-state index in [1.165, 1.54) is 31.4 Å². The van der Waals surface area contributed by atoms with Gasteiger partial charge in [-0.25, -0.2) is 0 Å². The molecular formula is C23H31N3O2. The molecule has 1 fully saturated rings. The number of nitrogens with one attached hydrogen (secondary N) is 1. The van der Waals surface area contributed by atoms with Crippen molar-refractivity contribution in [3.8, 4) is 0 Å². The fourth-order valence-corrected chi connectivity index (χ4v) is 3.68. The first kappa shape index (κ1) is 20.2. The van der Waals surface area contributed by atoms with Crippen molar-refractivity contribution in [3.05, 3.63) is 54.6 Å². The lowest BCUT2D eigenvalue weighted by Gasteiger charge is -2.26. The molecule has 0 spiro atoms. The number of benzene rings is 2. The molecule has 0 saturated carbocycles. The number of para-hydroxylation sites is 1. The molecule has 1 heterocycles. The van der Waals surface area contributed by atoms with Crippen LogP contribution in [0.25, 0.3) is 0 Å². The number of carbonyl (C=O) groups is 1. The number of hydrogen-bond donors (Lipinski definition) is 2. The van der Waals surface area contributed by atoms with Crippen LogP contribution in [-0.4, -0.2) is 43.3 Å². The van der Waals surface area contributed by atoms with Gasteiger partial charge in [-0.1, -0.05) is 31.0 Å². The first-order valence-corrected chi connectivity index (χ1v) is 10.2. The Morgan fingerprint density at radius 2 is 1.68 bits per heavy atom. The maximum atomic E-state index is 12.6. The monoisotopic (exact) mass is 381 g/mol. The van der Waals surface area contributed by atoms with E-state index in [1.807, 2.05) is 47.4 Å². The number of carbonyl (C=O) groups excluding carboxylic acids is 1. The van der Waals surface area contributed by atoms with E-state index in [-0.39, 0.29) is 12.5 Å². The number of hydrogen-bond acceptors (Lipinski definition) is 4. The van der Waals surface area contributed by atoms with E-state index in [0.717, 1.165) is 24.5 Å². The third-order valence-electron chi connectivity index (χ3n) is 5.06. The molecule has 2 aromatic carbocycles. The zero-order valence-corrected chi connectivity index (χ0v) is 16.7. The maximum Gasteiger partial charge on any atom is 0.243 e. The van der Waals surface area contributed by atoms with Crippen molar-refractivity contribution in [3.63, 3.8) is 0 Å². The predicted molar refractivity (Wildman–Crippen MR) is 116 cm³/mol. The summed E-state index contributed by atoms with van der Waals surface area (Å²) in [6.45, 7) is 4.55. The Morgan fingerprint density at radius 1 is 1.04 bits per heavy atom. The van der Waals surface area contributed by atoms with Gasteiger partial charge in [-0.2, -0.15) is 0 Å². The molecule has 1 amide bonds. The highest BCUT2D eigenvalue weighted by molar-refractivity contribution is 5.94. The molecule has 1 aliphatic heterocycles. The molecule has 150 valence electrons. The number of rotatable bonds is 7. The standard InChI is InChI=1S/C23H31N3O2/c1-19(27)17-26(21-9-5-4-6-10-21)18-23(28)24-20-11-13-22(14-12-20)25-15-7-2-3-8-16-25/h4-6,9-14,19,27H,2-3,7-8,15-18H2,1H3,(H,24,28). The molecule has 3 rings (SSSR count). The number of aliphatic hydroxyl groups excluding tert-OH is 1. The first-order valence-electron chi connectivity index (χ1n) is 10.2. The van der Waals surface area contributed by atoms with Gasteiger partial charge in [0.15, 0.2) is 0 Å². The summed E-state index contributed by atoms with van der Waals surface area (Å²) < 4.78 is 0. The minimum Gasteiger partial charge on any atom is -0.392 e. The van der Waals surface area contributed by atoms with Gasteiger partial charge in [0.1, 0.15) is 0 Å². The lowest BCUT2D eigenvalue weighted by molar-refractivity contribution is -0.115. The van der Waals surface area contributed by atoms with Crippen molar-refractivity contribution in [2.24, 2.45) is 0 Å². The van der Waals surface area contributed by atoms with Crippen LogP contribution in [0.15, 0.2) is 54.6 Å². The van der Waals surface area contributed by atoms with Crippen LogP contribution >= 0.6 is 0 Å². The van der Waals surface area contributed by atoms with E-state index in [9.17, 15) is 9.90 Å². The summed E-state index contributed by atoms with van der Waals surface area (Å²) >= 11 is 0. The van der Waals surface area contributed by atoms with Crippen molar-refractivity contribution >= 4 is 23.0 Å². The zero-order valence-electron chi connectivity index (χ0n) is 16.7. The molecule has 5 nitrogen and oxygen atoms in total. The van der Waals surface area contributed by atoms with Crippen molar-refractivity contribution in [2.45, 2.75) is 38.7 Å². The van der Waals surface area contributed by atoms with Gasteiger partial charge in [-0.05, 0) is 56.2 Å². The molecule has 2 N–H and O–H groups in total. The van der Waals surface area contributed by atoms with Gasteiger partial charge in [0, 0.05) is 36.7 Å². The largest absolute Gasteiger partial charge is 0.392 e. The van der Waals surface area contributed by atoms with Gasteiger partial charge in [0.05, 0.1) is 12.6 Å². The zero-order chi connectivity index (χ0) is 19.8. The van der Waals surface area contributed by atoms with Crippen molar-refractivity contribution in [2.75, 3.05) is 41.3 Å². The summed E-state index contributed by atoms with van der Waals surface area (Å²) in [5.74, 6) is -0.0907. The van der Waals surface area contributed by atoms with Crippen LogP contribution in [0.3, 0.4) is 0 Å². The Kier molecular flexibility index (Phi) is 7.31. The number of anilines is 3. The van der Waals surface area contributed by atoms with Gasteiger partial charge in [0.2, 0.25) is 5.91 Å². The van der Waals surface area contributed by atoms with E-state index in [0.29, 0.717) is 6.54 Å². The van der Waals surface area contributed by atoms with Crippen molar-refractivity contribution < 1.29 is 9.90 Å².